The first-order valence-corrected chi connectivity index (χ1v) is 11.4. The van der Waals surface area contributed by atoms with E-state index in [4.69, 9.17) is 9.47 Å². The molecule has 1 N–H and O–H groups in total. The van der Waals surface area contributed by atoms with Gasteiger partial charge in [-0.05, 0) is 97.4 Å². The van der Waals surface area contributed by atoms with Crippen LogP contribution in [0.5, 0.6) is 5.75 Å². The van der Waals surface area contributed by atoms with E-state index in [2.05, 4.69) is 23.5 Å². The van der Waals surface area contributed by atoms with Crippen LogP contribution in [-0.4, -0.2) is 20.2 Å². The van der Waals surface area contributed by atoms with Crippen molar-refractivity contribution in [3.63, 3.8) is 0 Å². The molecule has 1 unspecified atom stereocenters. The van der Waals surface area contributed by atoms with E-state index in [0.717, 1.165) is 61.2 Å². The molecule has 3 aromatic rings. The molecule has 1 atom stereocenters. The third-order valence-corrected chi connectivity index (χ3v) is 6.29. The molecular weight excluding hydrogens is 415 g/mol. The maximum absolute atomic E-state index is 13.6. The van der Waals surface area contributed by atoms with E-state index >= 15 is 0 Å². The van der Waals surface area contributed by atoms with Gasteiger partial charge in [0.2, 0.25) is 0 Å². The summed E-state index contributed by atoms with van der Waals surface area (Å²) in [5.41, 5.74) is 4.35. The van der Waals surface area contributed by atoms with Gasteiger partial charge in [0.05, 0.1) is 25.3 Å². The number of benzene rings is 3. The molecule has 0 saturated carbocycles. The number of hydrogen-bond donors (Lipinski definition) is 1. The number of aryl methyl sites for hydroxylation is 1. The molecule has 1 aliphatic rings. The highest BCUT2D eigenvalue weighted by atomic mass is 19.1. The Labute approximate surface area is 195 Å². The van der Waals surface area contributed by atoms with E-state index in [1.807, 2.05) is 42.5 Å². The summed E-state index contributed by atoms with van der Waals surface area (Å²) in [6.07, 6.45) is 3.74. The molecule has 0 aromatic heterocycles. The van der Waals surface area contributed by atoms with Crippen LogP contribution in [0.4, 0.5) is 4.39 Å². The fraction of sp³-hybridized carbons (Fsp3) is 0.321. The summed E-state index contributed by atoms with van der Waals surface area (Å²) in [5.74, 6) is 0.634. The molecule has 170 valence electrons. The Balaban J connectivity index is 1.36. The van der Waals surface area contributed by atoms with E-state index in [-0.39, 0.29) is 5.82 Å². The molecule has 0 bridgehead atoms. The van der Waals surface area contributed by atoms with Crippen molar-refractivity contribution in [1.82, 2.24) is 5.32 Å². The molecule has 0 amide bonds. The minimum Gasteiger partial charge on any atom is -0.497 e. The summed E-state index contributed by atoms with van der Waals surface area (Å²) in [5, 5.41) is 12.8. The maximum Gasteiger partial charge on any atom is 0.123 e. The van der Waals surface area contributed by atoms with Crippen molar-refractivity contribution in [3.8, 4) is 11.8 Å². The smallest absolute Gasteiger partial charge is 0.123 e. The fourth-order valence-electron chi connectivity index (χ4n) is 4.60. The Bertz CT molecular complexity index is 1120. The molecule has 0 fully saturated rings. The first-order valence-electron chi connectivity index (χ1n) is 11.4. The Kier molecular flexibility index (Phi) is 7.39. The lowest BCUT2D eigenvalue weighted by Gasteiger charge is -2.30. The highest BCUT2D eigenvalue weighted by Gasteiger charge is 2.41. The van der Waals surface area contributed by atoms with Gasteiger partial charge in [-0.3, -0.25) is 0 Å². The Hall–Kier alpha value is -3.20. The standard InChI is InChI=1S/C28H29FN2O2/c1-32-26-7-2-5-21(18-26)6-3-15-31-16-4-14-28(24-9-11-25(29)12-10-24)27-13-8-22(19-30)17-23(27)20-33-28/h2,5,7-13,17-18,31H,3-4,6,14-16,20H2,1H3. The van der Waals surface area contributed by atoms with Crippen LogP contribution in [0.15, 0.2) is 66.7 Å². The number of rotatable bonds is 10. The maximum atomic E-state index is 13.6. The van der Waals surface area contributed by atoms with Gasteiger partial charge in [-0.25, -0.2) is 4.39 Å². The van der Waals surface area contributed by atoms with Gasteiger partial charge >= 0.3 is 0 Å². The first kappa shape index (κ1) is 23.0. The number of hydrogen-bond acceptors (Lipinski definition) is 4. The average Bonchev–Trinajstić information content (AvgIpc) is 3.22. The monoisotopic (exact) mass is 444 g/mol. The molecule has 0 aliphatic carbocycles. The van der Waals surface area contributed by atoms with Crippen LogP contribution in [0.3, 0.4) is 0 Å². The second-order valence-electron chi connectivity index (χ2n) is 8.41. The highest BCUT2D eigenvalue weighted by molar-refractivity contribution is 5.48. The van der Waals surface area contributed by atoms with Crippen LogP contribution in [0.25, 0.3) is 0 Å². The molecule has 1 heterocycles. The van der Waals surface area contributed by atoms with Crippen molar-refractivity contribution in [2.24, 2.45) is 0 Å². The van der Waals surface area contributed by atoms with E-state index in [0.29, 0.717) is 12.2 Å². The summed E-state index contributed by atoms with van der Waals surface area (Å²) in [7, 11) is 1.69. The lowest BCUT2D eigenvalue weighted by atomic mass is 9.81. The Morgan fingerprint density at radius 2 is 1.88 bits per heavy atom. The summed E-state index contributed by atoms with van der Waals surface area (Å²) in [6.45, 7) is 2.26. The van der Waals surface area contributed by atoms with Crippen molar-refractivity contribution >= 4 is 0 Å². The molecular formula is C28H29FN2O2. The van der Waals surface area contributed by atoms with Gasteiger partial charge in [-0.2, -0.15) is 5.26 Å². The van der Waals surface area contributed by atoms with E-state index < -0.39 is 5.60 Å². The fourth-order valence-corrected chi connectivity index (χ4v) is 4.60. The molecule has 33 heavy (non-hydrogen) atoms. The van der Waals surface area contributed by atoms with Crippen molar-refractivity contribution in [1.29, 1.82) is 5.26 Å². The van der Waals surface area contributed by atoms with Crippen molar-refractivity contribution in [2.75, 3.05) is 20.2 Å². The Morgan fingerprint density at radius 1 is 1.06 bits per heavy atom. The largest absolute Gasteiger partial charge is 0.497 e. The minimum atomic E-state index is -0.612. The van der Waals surface area contributed by atoms with E-state index in [9.17, 15) is 9.65 Å². The summed E-state index contributed by atoms with van der Waals surface area (Å²) in [6, 6.07) is 22.7. The van der Waals surface area contributed by atoms with Crippen LogP contribution in [0, 0.1) is 17.1 Å². The van der Waals surface area contributed by atoms with Gasteiger partial charge < -0.3 is 14.8 Å². The third-order valence-electron chi connectivity index (χ3n) is 6.29. The number of ether oxygens (including phenoxy) is 2. The van der Waals surface area contributed by atoms with E-state index in [1.165, 1.54) is 17.7 Å². The third kappa shape index (κ3) is 5.24. The van der Waals surface area contributed by atoms with Crippen LogP contribution >= 0.6 is 0 Å². The topological polar surface area (TPSA) is 54.3 Å². The molecule has 4 nitrogen and oxygen atoms in total. The molecule has 0 saturated heterocycles. The van der Waals surface area contributed by atoms with Gasteiger partial charge in [0.25, 0.3) is 0 Å². The first-order chi connectivity index (χ1) is 16.1. The second-order valence-corrected chi connectivity index (χ2v) is 8.41. The number of halogens is 1. The van der Waals surface area contributed by atoms with Crippen LogP contribution in [-0.2, 0) is 23.4 Å². The zero-order valence-electron chi connectivity index (χ0n) is 18.9. The Morgan fingerprint density at radius 3 is 2.67 bits per heavy atom. The second kappa shape index (κ2) is 10.6. The van der Waals surface area contributed by atoms with E-state index in [1.54, 1.807) is 7.11 Å². The quantitative estimate of drug-likeness (QED) is 0.421. The minimum absolute atomic E-state index is 0.260. The predicted molar refractivity (Wildman–Crippen MR) is 127 cm³/mol. The highest BCUT2D eigenvalue weighted by Crippen LogP contribution is 2.45. The van der Waals surface area contributed by atoms with Crippen molar-refractivity contribution < 1.29 is 13.9 Å². The van der Waals surface area contributed by atoms with Crippen LogP contribution < -0.4 is 10.1 Å². The number of nitrogens with zero attached hydrogens (tertiary/aromatic N) is 1. The van der Waals surface area contributed by atoms with Gasteiger partial charge in [-0.15, -0.1) is 0 Å². The molecule has 4 rings (SSSR count). The number of fused-ring (bicyclic) bond motifs is 1. The normalized spacial score (nSPS) is 16.9. The van der Waals surface area contributed by atoms with Crippen LogP contribution in [0.2, 0.25) is 0 Å². The molecule has 0 radical (unpaired) electrons. The molecule has 5 heteroatoms. The number of nitrogens with one attached hydrogen (secondary N) is 1. The molecule has 3 aromatic carbocycles. The summed E-state index contributed by atoms with van der Waals surface area (Å²) < 4.78 is 25.3. The van der Waals surface area contributed by atoms with Crippen molar-refractivity contribution in [3.05, 3.63) is 100 Å². The van der Waals surface area contributed by atoms with Crippen molar-refractivity contribution in [2.45, 2.75) is 37.9 Å². The van der Waals surface area contributed by atoms with Gasteiger partial charge in [0.1, 0.15) is 17.2 Å². The molecule has 1 aliphatic heterocycles. The number of nitriles is 1. The summed E-state index contributed by atoms with van der Waals surface area (Å²) in [4.78, 5) is 0. The van der Waals surface area contributed by atoms with Gasteiger partial charge in [-0.1, -0.05) is 30.3 Å². The average molecular weight is 445 g/mol. The lowest BCUT2D eigenvalue weighted by molar-refractivity contribution is -0.0129. The zero-order valence-corrected chi connectivity index (χ0v) is 18.9. The SMILES string of the molecule is COc1cccc(CCCNCCCC2(c3ccc(F)cc3)OCc3cc(C#N)ccc32)c1. The zero-order chi connectivity index (χ0) is 23.1. The van der Waals surface area contributed by atoms with Gasteiger partial charge in [0.15, 0.2) is 0 Å². The number of methoxy groups -OCH3 is 1. The van der Waals surface area contributed by atoms with Crippen LogP contribution in [0.1, 0.15) is 47.1 Å². The van der Waals surface area contributed by atoms with Gasteiger partial charge in [0, 0.05) is 0 Å². The summed E-state index contributed by atoms with van der Waals surface area (Å²) >= 11 is 0. The predicted octanol–water partition coefficient (Wildman–Crippen LogP) is 5.48. The lowest BCUT2D eigenvalue weighted by Crippen LogP contribution is -2.29. The molecule has 0 spiro atoms.